The van der Waals surface area contributed by atoms with Gasteiger partial charge in [0.1, 0.15) is 28.2 Å². The summed E-state index contributed by atoms with van der Waals surface area (Å²) >= 11 is 0. The van der Waals surface area contributed by atoms with E-state index in [4.69, 9.17) is 0 Å². The third kappa shape index (κ3) is 3.73. The summed E-state index contributed by atoms with van der Waals surface area (Å²) in [6.07, 6.45) is 1.33. The lowest BCUT2D eigenvalue weighted by molar-refractivity contribution is 0.579. The van der Waals surface area contributed by atoms with Gasteiger partial charge in [0, 0.05) is 12.3 Å². The Morgan fingerprint density at radius 1 is 0.933 bits per heavy atom. The number of halogens is 3. The lowest BCUT2D eigenvalue weighted by Crippen LogP contribution is -2.31. The summed E-state index contributed by atoms with van der Waals surface area (Å²) < 4.78 is 70.6. The van der Waals surface area contributed by atoms with E-state index in [1.807, 2.05) is 0 Å². The van der Waals surface area contributed by atoms with Gasteiger partial charge in [-0.2, -0.15) is 0 Å². The number of hydrogen-bond acceptors (Lipinski definition) is 4. The van der Waals surface area contributed by atoms with E-state index in [-0.39, 0.29) is 17.1 Å². The molecule has 2 aromatic carbocycles. The number of aryl methyl sites for hydroxylation is 1. The summed E-state index contributed by atoms with van der Waals surface area (Å²) in [5.41, 5.74) is 0.530. The fraction of sp³-hybridized carbons (Fsp3) is 0.100. The molecule has 4 rings (SSSR count). The molecule has 6 nitrogen and oxygen atoms in total. The number of anilines is 1. The van der Waals surface area contributed by atoms with Gasteiger partial charge in [-0.1, -0.05) is 12.1 Å². The van der Waals surface area contributed by atoms with Gasteiger partial charge in [0.15, 0.2) is 5.65 Å². The predicted octanol–water partition coefficient (Wildman–Crippen LogP) is 3.85. The number of aromatic nitrogens is 3. The molecular weight excluding hydrogens is 417 g/mol. The van der Waals surface area contributed by atoms with Crippen LogP contribution in [0.25, 0.3) is 5.65 Å². The van der Waals surface area contributed by atoms with E-state index < -0.39 is 27.5 Å². The number of pyridine rings is 1. The largest absolute Gasteiger partial charge is 0.285 e. The van der Waals surface area contributed by atoms with Crippen molar-refractivity contribution in [2.75, 3.05) is 4.31 Å². The minimum atomic E-state index is -4.28. The predicted molar refractivity (Wildman–Crippen MR) is 104 cm³/mol. The van der Waals surface area contributed by atoms with Crippen molar-refractivity contribution in [1.82, 2.24) is 14.6 Å². The smallest absolute Gasteiger partial charge is 0.266 e. The minimum absolute atomic E-state index is 0.140. The average molecular weight is 432 g/mol. The van der Waals surface area contributed by atoms with Gasteiger partial charge in [-0.05, 0) is 48.9 Å². The summed E-state index contributed by atoms with van der Waals surface area (Å²) in [7, 11) is -4.28. The van der Waals surface area contributed by atoms with E-state index >= 15 is 0 Å². The van der Waals surface area contributed by atoms with Gasteiger partial charge in [-0.15, -0.1) is 10.2 Å². The van der Waals surface area contributed by atoms with Crippen molar-refractivity contribution in [2.24, 2.45) is 0 Å². The quantitative estimate of drug-likeness (QED) is 0.481. The first kappa shape index (κ1) is 19.9. The summed E-state index contributed by atoms with van der Waals surface area (Å²) in [6, 6.07) is 10.6. The number of rotatable bonds is 5. The first-order chi connectivity index (χ1) is 14.2. The molecule has 2 heterocycles. The molecule has 4 aromatic rings. The molecule has 10 heteroatoms. The highest BCUT2D eigenvalue weighted by Crippen LogP contribution is 2.28. The second-order valence-corrected chi connectivity index (χ2v) is 8.47. The molecule has 0 aliphatic rings. The van der Waals surface area contributed by atoms with Gasteiger partial charge in [0.25, 0.3) is 10.0 Å². The number of sulfonamides is 1. The number of hydrogen-bond donors (Lipinski definition) is 0. The Balaban J connectivity index is 1.87. The van der Waals surface area contributed by atoms with Crippen molar-refractivity contribution >= 4 is 21.4 Å². The lowest BCUT2D eigenvalue weighted by Gasteiger charge is -2.25. The van der Waals surface area contributed by atoms with Gasteiger partial charge < -0.3 is 0 Å². The molecule has 0 N–H and O–H groups in total. The Morgan fingerprint density at radius 3 is 2.37 bits per heavy atom. The van der Waals surface area contributed by atoms with Gasteiger partial charge in [0.2, 0.25) is 0 Å². The summed E-state index contributed by atoms with van der Waals surface area (Å²) in [5.74, 6) is -1.96. The van der Waals surface area contributed by atoms with Crippen LogP contribution < -0.4 is 4.31 Å². The second-order valence-electron chi connectivity index (χ2n) is 6.61. The van der Waals surface area contributed by atoms with E-state index in [9.17, 15) is 21.6 Å². The van der Waals surface area contributed by atoms with E-state index in [0.717, 1.165) is 22.5 Å². The number of fused-ring (bicyclic) bond motifs is 1. The molecule has 0 amide bonds. The maximum absolute atomic E-state index is 13.9. The third-order valence-electron chi connectivity index (χ3n) is 4.48. The van der Waals surface area contributed by atoms with Crippen molar-refractivity contribution in [2.45, 2.75) is 18.4 Å². The molecule has 0 fully saturated rings. The molecule has 0 aliphatic carbocycles. The SMILES string of the molecule is Cc1nnc2ccc(S(=O)(=O)N(Cc3cccc(F)c3)c3cc(F)cc(F)c3)cn12. The van der Waals surface area contributed by atoms with E-state index in [0.29, 0.717) is 23.1 Å². The van der Waals surface area contributed by atoms with Crippen molar-refractivity contribution < 1.29 is 21.6 Å². The molecule has 0 radical (unpaired) electrons. The van der Waals surface area contributed by atoms with Crippen molar-refractivity contribution in [3.05, 3.63) is 89.6 Å². The molecule has 0 saturated heterocycles. The molecule has 154 valence electrons. The standard InChI is InChI=1S/C20H15F3N4O2S/c1-13-24-25-20-6-5-19(12-26(13)20)30(28,29)27(11-14-3-2-4-15(21)7-14)18-9-16(22)8-17(23)10-18/h2-10,12H,11H2,1H3. The Labute approximate surface area is 170 Å². The second kappa shape index (κ2) is 7.45. The summed E-state index contributed by atoms with van der Waals surface area (Å²) in [4.78, 5) is -0.140. The van der Waals surface area contributed by atoms with Crippen molar-refractivity contribution in [3.8, 4) is 0 Å². The van der Waals surface area contributed by atoms with Gasteiger partial charge in [0.05, 0.1) is 12.2 Å². The van der Waals surface area contributed by atoms with Crippen LogP contribution in [-0.4, -0.2) is 23.0 Å². The average Bonchev–Trinajstić information content (AvgIpc) is 3.06. The van der Waals surface area contributed by atoms with Gasteiger partial charge in [-0.25, -0.2) is 21.6 Å². The molecule has 0 saturated carbocycles. The topological polar surface area (TPSA) is 67.6 Å². The zero-order valence-corrected chi connectivity index (χ0v) is 16.4. The molecule has 0 aliphatic heterocycles. The van der Waals surface area contributed by atoms with Gasteiger partial charge in [-0.3, -0.25) is 8.71 Å². The Morgan fingerprint density at radius 2 is 1.67 bits per heavy atom. The first-order valence-electron chi connectivity index (χ1n) is 8.79. The highest BCUT2D eigenvalue weighted by Gasteiger charge is 2.27. The van der Waals surface area contributed by atoms with Crippen LogP contribution in [0.3, 0.4) is 0 Å². The van der Waals surface area contributed by atoms with Crippen LogP contribution in [0, 0.1) is 24.4 Å². The molecule has 0 spiro atoms. The zero-order chi connectivity index (χ0) is 21.5. The van der Waals surface area contributed by atoms with Gasteiger partial charge >= 0.3 is 0 Å². The van der Waals surface area contributed by atoms with Crippen LogP contribution in [0.15, 0.2) is 65.7 Å². The zero-order valence-electron chi connectivity index (χ0n) is 15.6. The number of nitrogens with zero attached hydrogens (tertiary/aromatic N) is 4. The normalized spacial score (nSPS) is 11.7. The lowest BCUT2D eigenvalue weighted by atomic mass is 10.2. The van der Waals surface area contributed by atoms with Crippen LogP contribution in [0.1, 0.15) is 11.4 Å². The molecule has 0 unspecified atom stereocenters. The van der Waals surface area contributed by atoms with Crippen molar-refractivity contribution in [1.29, 1.82) is 0 Å². The molecule has 2 aromatic heterocycles. The van der Waals surface area contributed by atoms with Crippen LogP contribution in [-0.2, 0) is 16.6 Å². The fourth-order valence-electron chi connectivity index (χ4n) is 3.07. The highest BCUT2D eigenvalue weighted by atomic mass is 32.2. The van der Waals surface area contributed by atoms with E-state index in [2.05, 4.69) is 10.2 Å². The van der Waals surface area contributed by atoms with E-state index in [1.54, 1.807) is 6.92 Å². The monoisotopic (exact) mass is 432 g/mol. The third-order valence-corrected chi connectivity index (χ3v) is 6.24. The fourth-order valence-corrected chi connectivity index (χ4v) is 4.50. The number of benzene rings is 2. The summed E-state index contributed by atoms with van der Waals surface area (Å²) in [5, 5.41) is 7.80. The Hall–Kier alpha value is -3.40. The highest BCUT2D eigenvalue weighted by molar-refractivity contribution is 7.92. The maximum Gasteiger partial charge on any atom is 0.266 e. The molecule has 30 heavy (non-hydrogen) atoms. The van der Waals surface area contributed by atoms with Crippen molar-refractivity contribution in [3.63, 3.8) is 0 Å². The summed E-state index contributed by atoms with van der Waals surface area (Å²) in [6.45, 7) is 1.32. The molecule has 0 atom stereocenters. The minimum Gasteiger partial charge on any atom is -0.285 e. The molecule has 0 bridgehead atoms. The first-order valence-corrected chi connectivity index (χ1v) is 10.2. The van der Waals surface area contributed by atoms with Crippen LogP contribution >= 0.6 is 0 Å². The Bertz CT molecular complexity index is 1340. The van der Waals surface area contributed by atoms with Crippen LogP contribution in [0.4, 0.5) is 18.9 Å². The van der Waals surface area contributed by atoms with Crippen LogP contribution in [0.2, 0.25) is 0 Å². The Kier molecular flexibility index (Phi) is 4.94. The maximum atomic E-state index is 13.9. The molecular formula is C20H15F3N4O2S. The van der Waals surface area contributed by atoms with E-state index in [1.165, 1.54) is 40.9 Å². The van der Waals surface area contributed by atoms with Crippen LogP contribution in [0.5, 0.6) is 0 Å².